The third-order valence-corrected chi connectivity index (χ3v) is 7.32. The summed E-state index contributed by atoms with van der Waals surface area (Å²) in [5, 5.41) is 19.4. The van der Waals surface area contributed by atoms with E-state index in [0.29, 0.717) is 17.1 Å². The van der Waals surface area contributed by atoms with E-state index in [9.17, 15) is 9.18 Å². The molecule has 0 spiro atoms. The zero-order valence-corrected chi connectivity index (χ0v) is 20.0. The minimum absolute atomic E-state index is 0.165. The molecule has 4 aromatic heterocycles. The van der Waals surface area contributed by atoms with E-state index in [0.717, 1.165) is 32.3 Å². The number of nitrogen functional groups attached to an aromatic ring is 1. The van der Waals surface area contributed by atoms with E-state index >= 15 is 0 Å². The quantitative estimate of drug-likeness (QED) is 0.353. The van der Waals surface area contributed by atoms with E-state index in [1.165, 1.54) is 34.8 Å². The molecule has 0 saturated carbocycles. The van der Waals surface area contributed by atoms with Crippen molar-refractivity contribution in [3.05, 3.63) is 69.2 Å². The van der Waals surface area contributed by atoms with E-state index in [4.69, 9.17) is 5.73 Å². The molecule has 0 fully saturated rings. The van der Waals surface area contributed by atoms with Gasteiger partial charge in [0.1, 0.15) is 10.8 Å². The molecule has 0 aliphatic carbocycles. The second-order valence-electron chi connectivity index (χ2n) is 7.99. The van der Waals surface area contributed by atoms with Crippen molar-refractivity contribution in [3.8, 4) is 21.7 Å². The van der Waals surface area contributed by atoms with Crippen molar-refractivity contribution in [1.29, 1.82) is 0 Å². The van der Waals surface area contributed by atoms with Crippen LogP contribution in [-0.4, -0.2) is 30.7 Å². The van der Waals surface area contributed by atoms with Gasteiger partial charge in [0.2, 0.25) is 5.95 Å². The number of benzene rings is 1. The SMILES string of the molecule is CC(C)c1nnc(-c2cc(-c3csc(C(=O)NCc4ccc(F)cc4)c3)cn3nc(N)nc23)s1. The van der Waals surface area contributed by atoms with Gasteiger partial charge in [-0.25, -0.2) is 8.91 Å². The van der Waals surface area contributed by atoms with E-state index in [1.807, 2.05) is 23.7 Å². The molecule has 11 heteroatoms. The molecule has 34 heavy (non-hydrogen) atoms. The number of rotatable bonds is 6. The highest BCUT2D eigenvalue weighted by Crippen LogP contribution is 2.34. The van der Waals surface area contributed by atoms with Gasteiger partial charge < -0.3 is 11.1 Å². The molecule has 0 atom stereocenters. The Morgan fingerprint density at radius 3 is 2.71 bits per heavy atom. The monoisotopic (exact) mass is 493 g/mol. The number of halogens is 1. The fourth-order valence-corrected chi connectivity index (χ4v) is 5.06. The van der Waals surface area contributed by atoms with Crippen molar-refractivity contribution in [2.24, 2.45) is 0 Å². The van der Waals surface area contributed by atoms with Gasteiger partial charge >= 0.3 is 0 Å². The van der Waals surface area contributed by atoms with Crippen molar-refractivity contribution in [1.82, 2.24) is 30.1 Å². The average molecular weight is 494 g/mol. The van der Waals surface area contributed by atoms with Crippen molar-refractivity contribution in [2.75, 3.05) is 5.73 Å². The fourth-order valence-electron chi connectivity index (χ4n) is 3.37. The lowest BCUT2D eigenvalue weighted by Crippen LogP contribution is -2.21. The van der Waals surface area contributed by atoms with E-state index in [1.54, 1.807) is 16.6 Å². The summed E-state index contributed by atoms with van der Waals surface area (Å²) in [7, 11) is 0. The summed E-state index contributed by atoms with van der Waals surface area (Å²) in [5.74, 6) is -0.0746. The first kappa shape index (κ1) is 22.1. The van der Waals surface area contributed by atoms with Crippen LogP contribution in [0.15, 0.2) is 48.0 Å². The normalized spacial score (nSPS) is 11.4. The number of anilines is 1. The predicted octanol–water partition coefficient (Wildman–Crippen LogP) is 4.75. The molecular weight excluding hydrogens is 473 g/mol. The number of hydrogen-bond donors (Lipinski definition) is 2. The van der Waals surface area contributed by atoms with Crippen LogP contribution in [0.3, 0.4) is 0 Å². The summed E-state index contributed by atoms with van der Waals surface area (Å²) in [6.07, 6.45) is 1.83. The number of carbonyl (C=O) groups is 1. The van der Waals surface area contributed by atoms with Crippen LogP contribution in [0.4, 0.5) is 10.3 Å². The number of nitrogens with zero attached hydrogens (tertiary/aromatic N) is 5. The number of amides is 1. The van der Waals surface area contributed by atoms with E-state index < -0.39 is 0 Å². The molecule has 0 aliphatic heterocycles. The van der Waals surface area contributed by atoms with Crippen LogP contribution in [0.1, 0.15) is 40.0 Å². The van der Waals surface area contributed by atoms with E-state index in [-0.39, 0.29) is 23.6 Å². The molecule has 172 valence electrons. The molecule has 0 bridgehead atoms. The van der Waals surface area contributed by atoms with Crippen LogP contribution in [0.5, 0.6) is 0 Å². The van der Waals surface area contributed by atoms with Crippen LogP contribution in [-0.2, 0) is 6.54 Å². The number of nitrogens with one attached hydrogen (secondary N) is 1. The molecule has 1 aromatic carbocycles. The topological polar surface area (TPSA) is 111 Å². The van der Waals surface area contributed by atoms with Gasteiger partial charge in [0.05, 0.1) is 10.4 Å². The van der Waals surface area contributed by atoms with Crippen molar-refractivity contribution in [2.45, 2.75) is 26.3 Å². The molecule has 1 amide bonds. The number of aromatic nitrogens is 5. The third kappa shape index (κ3) is 4.39. The Balaban J connectivity index is 1.44. The molecule has 5 aromatic rings. The first-order valence-corrected chi connectivity index (χ1v) is 12.2. The maximum Gasteiger partial charge on any atom is 0.261 e. The molecule has 5 rings (SSSR count). The summed E-state index contributed by atoms with van der Waals surface area (Å²) in [4.78, 5) is 17.6. The zero-order chi connectivity index (χ0) is 23.8. The molecule has 0 saturated heterocycles. The largest absolute Gasteiger partial charge is 0.366 e. The zero-order valence-electron chi connectivity index (χ0n) is 18.3. The van der Waals surface area contributed by atoms with Gasteiger partial charge in [-0.15, -0.1) is 26.6 Å². The maximum absolute atomic E-state index is 13.1. The van der Waals surface area contributed by atoms with Gasteiger partial charge in [-0.05, 0) is 40.8 Å². The van der Waals surface area contributed by atoms with Crippen LogP contribution < -0.4 is 11.1 Å². The summed E-state index contributed by atoms with van der Waals surface area (Å²) in [6.45, 7) is 4.45. The second-order valence-corrected chi connectivity index (χ2v) is 9.91. The highest BCUT2D eigenvalue weighted by atomic mass is 32.1. The smallest absolute Gasteiger partial charge is 0.261 e. The summed E-state index contributed by atoms with van der Waals surface area (Å²) < 4.78 is 14.7. The second kappa shape index (κ2) is 8.92. The number of carbonyl (C=O) groups excluding carboxylic acids is 1. The standard InChI is InChI=1S/C23H20FN7OS2/c1-12(2)21-28-29-22(34-21)17-7-14(10-31-19(17)27-23(25)30-31)15-8-18(33-11-15)20(32)26-9-13-3-5-16(24)6-4-13/h3-8,10-12H,9H2,1-2H3,(H2,25,30)(H,26,32). The van der Waals surface area contributed by atoms with Gasteiger partial charge in [0, 0.05) is 24.2 Å². The number of pyridine rings is 1. The summed E-state index contributed by atoms with van der Waals surface area (Å²) in [6, 6.07) is 9.84. The van der Waals surface area contributed by atoms with Crippen LogP contribution in [0, 0.1) is 5.82 Å². The summed E-state index contributed by atoms with van der Waals surface area (Å²) >= 11 is 2.85. The Hall–Kier alpha value is -3.70. The highest BCUT2D eigenvalue weighted by Gasteiger charge is 2.18. The third-order valence-electron chi connectivity index (χ3n) is 5.14. The number of nitrogens with two attached hydrogens (primary N) is 1. The lowest BCUT2D eigenvalue weighted by Gasteiger charge is -2.05. The molecule has 0 aliphatic rings. The lowest BCUT2D eigenvalue weighted by atomic mass is 10.1. The van der Waals surface area contributed by atoms with Crippen molar-refractivity contribution >= 4 is 40.2 Å². The Bertz CT molecular complexity index is 1490. The van der Waals surface area contributed by atoms with Crippen LogP contribution in [0.25, 0.3) is 27.3 Å². The molecule has 4 heterocycles. The average Bonchev–Trinajstić information content (AvgIpc) is 3.56. The molecule has 0 radical (unpaired) electrons. The van der Waals surface area contributed by atoms with Gasteiger partial charge in [-0.1, -0.05) is 37.3 Å². The Morgan fingerprint density at radius 1 is 1.18 bits per heavy atom. The van der Waals surface area contributed by atoms with Gasteiger partial charge in [0.25, 0.3) is 5.91 Å². The Kier molecular flexibility index (Phi) is 5.80. The van der Waals surface area contributed by atoms with Crippen molar-refractivity contribution in [3.63, 3.8) is 0 Å². The fraction of sp³-hybridized carbons (Fsp3) is 0.174. The van der Waals surface area contributed by atoms with Gasteiger partial charge in [-0.3, -0.25) is 4.79 Å². The minimum Gasteiger partial charge on any atom is -0.366 e. The Morgan fingerprint density at radius 2 is 1.97 bits per heavy atom. The number of hydrogen-bond acceptors (Lipinski definition) is 8. The molecule has 3 N–H and O–H groups in total. The Labute approximate surface area is 202 Å². The van der Waals surface area contributed by atoms with Crippen LogP contribution >= 0.6 is 22.7 Å². The molecular formula is C23H20FN7OS2. The molecule has 0 unspecified atom stereocenters. The van der Waals surface area contributed by atoms with E-state index in [2.05, 4.69) is 39.4 Å². The predicted molar refractivity (Wildman–Crippen MR) is 131 cm³/mol. The highest BCUT2D eigenvalue weighted by molar-refractivity contribution is 7.14. The first-order valence-electron chi connectivity index (χ1n) is 10.5. The van der Waals surface area contributed by atoms with Gasteiger partial charge in [-0.2, -0.15) is 4.98 Å². The first-order chi connectivity index (χ1) is 16.4. The van der Waals surface area contributed by atoms with Crippen LogP contribution in [0.2, 0.25) is 0 Å². The maximum atomic E-state index is 13.1. The van der Waals surface area contributed by atoms with Gasteiger partial charge in [0.15, 0.2) is 10.7 Å². The number of thiophene rings is 1. The van der Waals surface area contributed by atoms with Crippen molar-refractivity contribution < 1.29 is 9.18 Å². The summed E-state index contributed by atoms with van der Waals surface area (Å²) in [5.41, 5.74) is 9.78. The minimum atomic E-state index is -0.308. The number of fused-ring (bicyclic) bond motifs is 1. The lowest BCUT2D eigenvalue weighted by molar-refractivity contribution is 0.0955. The molecule has 8 nitrogen and oxygen atoms in total.